The SMILES string of the molecule is COc1cc(C(Cl)c2ccc(C)c(Cl)c2)c(OC)cc1Br. The van der Waals surface area contributed by atoms with E-state index in [9.17, 15) is 0 Å². The number of hydrogen-bond donors (Lipinski definition) is 0. The lowest BCUT2D eigenvalue weighted by molar-refractivity contribution is 0.397. The Morgan fingerprint density at radius 2 is 1.71 bits per heavy atom. The Morgan fingerprint density at radius 1 is 1.05 bits per heavy atom. The van der Waals surface area contributed by atoms with Gasteiger partial charge in [-0.3, -0.25) is 0 Å². The van der Waals surface area contributed by atoms with Gasteiger partial charge in [-0.2, -0.15) is 0 Å². The minimum absolute atomic E-state index is 0.375. The molecule has 5 heteroatoms. The fraction of sp³-hybridized carbons (Fsp3) is 0.250. The summed E-state index contributed by atoms with van der Waals surface area (Å²) in [4.78, 5) is 0. The highest BCUT2D eigenvalue weighted by Crippen LogP contribution is 2.41. The lowest BCUT2D eigenvalue weighted by atomic mass is 10.0. The van der Waals surface area contributed by atoms with Crippen molar-refractivity contribution < 1.29 is 9.47 Å². The van der Waals surface area contributed by atoms with E-state index < -0.39 is 0 Å². The van der Waals surface area contributed by atoms with Crippen LogP contribution in [0.2, 0.25) is 5.02 Å². The van der Waals surface area contributed by atoms with Gasteiger partial charge in [-0.1, -0.05) is 23.7 Å². The van der Waals surface area contributed by atoms with Crippen LogP contribution in [0.4, 0.5) is 0 Å². The number of aryl methyl sites for hydroxylation is 1. The molecule has 0 aromatic heterocycles. The first-order valence-electron chi connectivity index (χ1n) is 6.29. The second kappa shape index (κ2) is 6.91. The van der Waals surface area contributed by atoms with Gasteiger partial charge in [0.1, 0.15) is 11.5 Å². The maximum atomic E-state index is 6.61. The molecule has 0 spiro atoms. The van der Waals surface area contributed by atoms with Crippen LogP contribution in [0.25, 0.3) is 0 Å². The Labute approximate surface area is 143 Å². The molecule has 1 unspecified atom stereocenters. The molecular weight excluding hydrogens is 375 g/mol. The third-order valence-electron chi connectivity index (χ3n) is 3.27. The molecule has 21 heavy (non-hydrogen) atoms. The van der Waals surface area contributed by atoms with Gasteiger partial charge in [0.15, 0.2) is 0 Å². The smallest absolute Gasteiger partial charge is 0.133 e. The van der Waals surface area contributed by atoms with Crippen molar-refractivity contribution in [3.8, 4) is 11.5 Å². The standard InChI is InChI=1S/C16H15BrCl2O2/c1-9-4-5-10(6-13(9)18)16(19)11-7-15(21-3)12(17)8-14(11)20-2/h4-8,16H,1-3H3. The summed E-state index contributed by atoms with van der Waals surface area (Å²) in [6, 6.07) is 9.51. The van der Waals surface area contributed by atoms with Crippen LogP contribution in [0.3, 0.4) is 0 Å². The molecule has 2 aromatic carbocycles. The zero-order valence-corrected chi connectivity index (χ0v) is 15.0. The molecule has 0 aliphatic rings. The normalized spacial score (nSPS) is 12.1. The van der Waals surface area contributed by atoms with Crippen molar-refractivity contribution in [3.05, 3.63) is 56.5 Å². The summed E-state index contributed by atoms with van der Waals surface area (Å²) in [5.74, 6) is 1.40. The maximum absolute atomic E-state index is 6.61. The largest absolute Gasteiger partial charge is 0.496 e. The van der Waals surface area contributed by atoms with Gasteiger partial charge in [-0.25, -0.2) is 0 Å². The van der Waals surface area contributed by atoms with Crippen LogP contribution in [0.1, 0.15) is 22.1 Å². The zero-order valence-electron chi connectivity index (χ0n) is 11.9. The number of alkyl halides is 1. The molecule has 0 fully saturated rings. The fourth-order valence-electron chi connectivity index (χ4n) is 2.03. The molecule has 0 saturated heterocycles. The van der Waals surface area contributed by atoms with Crippen LogP contribution >= 0.6 is 39.1 Å². The number of ether oxygens (including phenoxy) is 2. The third-order valence-corrected chi connectivity index (χ3v) is 4.78. The Hall–Kier alpha value is -0.900. The average molecular weight is 390 g/mol. The molecule has 0 aliphatic carbocycles. The zero-order chi connectivity index (χ0) is 15.6. The van der Waals surface area contributed by atoms with Crippen molar-refractivity contribution in [2.45, 2.75) is 12.3 Å². The van der Waals surface area contributed by atoms with E-state index in [0.29, 0.717) is 16.5 Å². The van der Waals surface area contributed by atoms with Gasteiger partial charge < -0.3 is 9.47 Å². The Bertz CT molecular complexity index is 659. The van der Waals surface area contributed by atoms with Crippen molar-refractivity contribution >= 4 is 39.1 Å². The lowest BCUT2D eigenvalue weighted by Gasteiger charge is -2.17. The van der Waals surface area contributed by atoms with Crippen LogP contribution in [0.15, 0.2) is 34.8 Å². The highest BCUT2D eigenvalue weighted by Gasteiger charge is 2.19. The summed E-state index contributed by atoms with van der Waals surface area (Å²) in [6.45, 7) is 1.96. The maximum Gasteiger partial charge on any atom is 0.133 e. The van der Waals surface area contributed by atoms with Crippen LogP contribution < -0.4 is 9.47 Å². The number of methoxy groups -OCH3 is 2. The Kier molecular flexibility index (Phi) is 5.42. The van der Waals surface area contributed by atoms with Gasteiger partial charge in [0.25, 0.3) is 0 Å². The molecule has 0 heterocycles. The number of halogens is 3. The van der Waals surface area contributed by atoms with E-state index in [1.807, 2.05) is 37.3 Å². The molecule has 0 aliphatic heterocycles. The van der Waals surface area contributed by atoms with E-state index in [-0.39, 0.29) is 5.38 Å². The fourth-order valence-corrected chi connectivity index (χ4v) is 3.01. The average Bonchev–Trinajstić information content (AvgIpc) is 2.49. The molecular formula is C16H15BrCl2O2. The first-order valence-corrected chi connectivity index (χ1v) is 7.90. The molecule has 0 saturated carbocycles. The van der Waals surface area contributed by atoms with Gasteiger partial charge in [-0.05, 0) is 52.2 Å². The molecule has 0 N–H and O–H groups in total. The van der Waals surface area contributed by atoms with Crippen molar-refractivity contribution in [2.24, 2.45) is 0 Å². The van der Waals surface area contributed by atoms with Crippen molar-refractivity contribution in [1.29, 1.82) is 0 Å². The molecule has 112 valence electrons. The van der Waals surface area contributed by atoms with E-state index in [1.165, 1.54) is 0 Å². The highest BCUT2D eigenvalue weighted by atomic mass is 79.9. The molecule has 0 amide bonds. The molecule has 2 aromatic rings. The van der Waals surface area contributed by atoms with Crippen molar-refractivity contribution in [1.82, 2.24) is 0 Å². The minimum Gasteiger partial charge on any atom is -0.496 e. The first-order chi connectivity index (χ1) is 9.97. The van der Waals surface area contributed by atoms with Crippen LogP contribution in [0, 0.1) is 6.92 Å². The monoisotopic (exact) mass is 388 g/mol. The number of hydrogen-bond acceptors (Lipinski definition) is 2. The Morgan fingerprint density at radius 3 is 2.29 bits per heavy atom. The molecule has 2 nitrogen and oxygen atoms in total. The summed E-state index contributed by atoms with van der Waals surface area (Å²) in [6.07, 6.45) is 0. The number of rotatable bonds is 4. The quantitative estimate of drug-likeness (QED) is 0.619. The van der Waals surface area contributed by atoms with Gasteiger partial charge in [-0.15, -0.1) is 11.6 Å². The predicted molar refractivity (Wildman–Crippen MR) is 91.1 cm³/mol. The molecule has 0 bridgehead atoms. The van der Waals surface area contributed by atoms with Gasteiger partial charge >= 0.3 is 0 Å². The predicted octanol–water partition coefficient (Wildman–Crippen LogP) is 5.76. The summed E-state index contributed by atoms with van der Waals surface area (Å²) in [7, 11) is 3.23. The summed E-state index contributed by atoms with van der Waals surface area (Å²) < 4.78 is 11.6. The lowest BCUT2D eigenvalue weighted by Crippen LogP contribution is -1.99. The van der Waals surface area contributed by atoms with Gasteiger partial charge in [0.2, 0.25) is 0 Å². The summed E-state index contributed by atoms with van der Waals surface area (Å²) >= 11 is 16.2. The second-order valence-electron chi connectivity index (χ2n) is 4.60. The van der Waals surface area contributed by atoms with Crippen LogP contribution in [0.5, 0.6) is 11.5 Å². The van der Waals surface area contributed by atoms with E-state index in [4.69, 9.17) is 32.7 Å². The van der Waals surface area contributed by atoms with Gasteiger partial charge in [0, 0.05) is 10.6 Å². The third kappa shape index (κ3) is 3.47. The summed E-state index contributed by atoms with van der Waals surface area (Å²) in [5, 5.41) is 0.321. The van der Waals surface area contributed by atoms with Gasteiger partial charge in [0.05, 0.1) is 24.1 Å². The highest BCUT2D eigenvalue weighted by molar-refractivity contribution is 9.10. The topological polar surface area (TPSA) is 18.5 Å². The summed E-state index contributed by atoms with van der Waals surface area (Å²) in [5.41, 5.74) is 2.76. The van der Waals surface area contributed by atoms with Crippen molar-refractivity contribution in [2.75, 3.05) is 14.2 Å². The minimum atomic E-state index is -0.375. The molecule has 1 atom stereocenters. The van der Waals surface area contributed by atoms with E-state index >= 15 is 0 Å². The molecule has 2 rings (SSSR count). The van der Waals surface area contributed by atoms with Crippen molar-refractivity contribution in [3.63, 3.8) is 0 Å². The van der Waals surface area contributed by atoms with E-state index in [0.717, 1.165) is 21.2 Å². The number of benzene rings is 2. The Balaban J connectivity index is 2.50. The molecule has 0 radical (unpaired) electrons. The van der Waals surface area contributed by atoms with Crippen LogP contribution in [-0.4, -0.2) is 14.2 Å². The first kappa shape index (κ1) is 16.5. The second-order valence-corrected chi connectivity index (χ2v) is 6.30. The van der Waals surface area contributed by atoms with E-state index in [1.54, 1.807) is 14.2 Å². The van der Waals surface area contributed by atoms with E-state index in [2.05, 4.69) is 15.9 Å². The van der Waals surface area contributed by atoms with Crippen LogP contribution in [-0.2, 0) is 0 Å².